The van der Waals surface area contributed by atoms with Crippen molar-refractivity contribution >= 4 is 33.9 Å². The zero-order valence-corrected chi connectivity index (χ0v) is 25.8. The number of nitrogens with one attached hydrogen (secondary N) is 2. The van der Waals surface area contributed by atoms with Gasteiger partial charge in [0.2, 0.25) is 17.7 Å². The molecule has 1 aromatic carbocycles. The van der Waals surface area contributed by atoms with Crippen LogP contribution in [-0.2, 0) is 29.2 Å². The molecule has 0 saturated carbocycles. The third-order valence-corrected chi connectivity index (χ3v) is 7.56. The molecule has 1 aliphatic rings. The standard InChI is InChI=1S/C21H39N5O5.C7H8O3S/c1-4-5-13-31-21(30)24-15(9-6-7-11-22)20(29)26-12-8-10-16(26)19(28)25-17(14(2)3)18(23)27;1-6-2-4-7(5-3-6)11(8,9)10/h14-17H,4-13,22H2,1-3H3,(H2,23,27)(H,24,30)(H,25,28);2-5H,1H3,(H,8,9,10). The summed E-state index contributed by atoms with van der Waals surface area (Å²) in [6.07, 6.45) is 3.90. The molecule has 238 valence electrons. The molecule has 1 heterocycles. The first-order valence-corrected chi connectivity index (χ1v) is 15.7. The Labute approximate surface area is 248 Å². The van der Waals surface area contributed by atoms with E-state index in [4.69, 9.17) is 20.8 Å². The summed E-state index contributed by atoms with van der Waals surface area (Å²) >= 11 is 0. The van der Waals surface area contributed by atoms with Crippen LogP contribution in [0.15, 0.2) is 29.2 Å². The van der Waals surface area contributed by atoms with Crippen molar-refractivity contribution in [2.45, 2.75) is 95.7 Å². The van der Waals surface area contributed by atoms with Gasteiger partial charge >= 0.3 is 6.09 Å². The second kappa shape index (κ2) is 18.3. The summed E-state index contributed by atoms with van der Waals surface area (Å²) in [5.74, 6) is -1.53. The molecule has 42 heavy (non-hydrogen) atoms. The number of hydrogen-bond acceptors (Lipinski definition) is 8. The molecule has 0 aromatic heterocycles. The van der Waals surface area contributed by atoms with Gasteiger partial charge < -0.3 is 31.7 Å². The molecular formula is C28H47N5O8S. The molecule has 0 bridgehead atoms. The first-order valence-electron chi connectivity index (χ1n) is 14.3. The highest BCUT2D eigenvalue weighted by atomic mass is 32.2. The van der Waals surface area contributed by atoms with Crippen molar-refractivity contribution in [2.24, 2.45) is 17.4 Å². The van der Waals surface area contributed by atoms with E-state index in [1.807, 2.05) is 13.8 Å². The van der Waals surface area contributed by atoms with Gasteiger partial charge in [-0.05, 0) is 70.0 Å². The van der Waals surface area contributed by atoms with Crippen LogP contribution in [0.4, 0.5) is 4.79 Å². The van der Waals surface area contributed by atoms with Crippen LogP contribution in [0.2, 0.25) is 0 Å². The maximum atomic E-state index is 13.2. The molecule has 14 heteroatoms. The number of nitrogens with two attached hydrogens (primary N) is 2. The summed E-state index contributed by atoms with van der Waals surface area (Å²) in [5, 5.41) is 5.32. The largest absolute Gasteiger partial charge is 0.450 e. The third kappa shape index (κ3) is 12.7. The number of alkyl carbamates (subject to hydrolysis) is 1. The van der Waals surface area contributed by atoms with E-state index in [-0.39, 0.29) is 23.3 Å². The number of hydrogen-bond donors (Lipinski definition) is 5. The molecule has 0 aliphatic carbocycles. The zero-order valence-electron chi connectivity index (χ0n) is 25.0. The van der Waals surface area contributed by atoms with Gasteiger partial charge in [-0.25, -0.2) is 4.79 Å². The topological polar surface area (TPSA) is 211 Å². The van der Waals surface area contributed by atoms with E-state index in [0.29, 0.717) is 38.8 Å². The van der Waals surface area contributed by atoms with Crippen LogP contribution < -0.4 is 22.1 Å². The maximum Gasteiger partial charge on any atom is 0.407 e. The van der Waals surface area contributed by atoms with Crippen molar-refractivity contribution < 1.29 is 36.9 Å². The van der Waals surface area contributed by atoms with Gasteiger partial charge in [0, 0.05) is 6.54 Å². The van der Waals surface area contributed by atoms with E-state index in [9.17, 15) is 27.6 Å². The van der Waals surface area contributed by atoms with Crippen LogP contribution >= 0.6 is 0 Å². The van der Waals surface area contributed by atoms with E-state index >= 15 is 0 Å². The van der Waals surface area contributed by atoms with Gasteiger partial charge in [-0.1, -0.05) is 44.9 Å². The smallest absolute Gasteiger partial charge is 0.407 e. The van der Waals surface area contributed by atoms with Gasteiger partial charge in [-0.15, -0.1) is 0 Å². The molecule has 7 N–H and O–H groups in total. The minimum atomic E-state index is -4.02. The summed E-state index contributed by atoms with van der Waals surface area (Å²) in [5.41, 5.74) is 11.9. The Morgan fingerprint density at radius 1 is 1.10 bits per heavy atom. The number of carbonyl (C=O) groups excluding carboxylic acids is 4. The minimum Gasteiger partial charge on any atom is -0.450 e. The van der Waals surface area contributed by atoms with Crippen molar-refractivity contribution in [1.29, 1.82) is 0 Å². The first kappa shape index (κ1) is 36.8. The van der Waals surface area contributed by atoms with Gasteiger partial charge in [-0.3, -0.25) is 18.9 Å². The second-order valence-corrected chi connectivity index (χ2v) is 12.0. The fourth-order valence-corrected chi connectivity index (χ4v) is 4.75. The number of unbranched alkanes of at least 4 members (excludes halogenated alkanes) is 2. The van der Waals surface area contributed by atoms with Gasteiger partial charge in [0.15, 0.2) is 0 Å². The van der Waals surface area contributed by atoms with Crippen molar-refractivity contribution in [3.63, 3.8) is 0 Å². The molecular weight excluding hydrogens is 566 g/mol. The Hall–Kier alpha value is -3.23. The lowest BCUT2D eigenvalue weighted by Crippen LogP contribution is -2.56. The van der Waals surface area contributed by atoms with E-state index in [1.54, 1.807) is 26.0 Å². The number of carbonyl (C=O) groups is 4. The number of primary amides is 1. The van der Waals surface area contributed by atoms with E-state index in [0.717, 1.165) is 24.8 Å². The minimum absolute atomic E-state index is 0.0666. The van der Waals surface area contributed by atoms with Crippen LogP contribution in [0, 0.1) is 12.8 Å². The average molecular weight is 614 g/mol. The second-order valence-electron chi connectivity index (χ2n) is 10.6. The number of benzene rings is 1. The number of ether oxygens (including phenoxy) is 1. The number of nitrogens with zero attached hydrogens (tertiary/aromatic N) is 1. The zero-order chi connectivity index (χ0) is 31.9. The predicted molar refractivity (Wildman–Crippen MR) is 158 cm³/mol. The normalized spacial score (nSPS) is 16.2. The van der Waals surface area contributed by atoms with Crippen LogP contribution in [0.1, 0.15) is 71.3 Å². The van der Waals surface area contributed by atoms with Crippen molar-refractivity contribution in [2.75, 3.05) is 19.7 Å². The van der Waals surface area contributed by atoms with Gasteiger partial charge in [0.25, 0.3) is 10.1 Å². The Morgan fingerprint density at radius 2 is 1.74 bits per heavy atom. The molecule has 1 saturated heterocycles. The lowest BCUT2D eigenvalue weighted by molar-refractivity contribution is -0.141. The lowest BCUT2D eigenvalue weighted by atomic mass is 10.0. The van der Waals surface area contributed by atoms with E-state index in [1.165, 1.54) is 17.0 Å². The van der Waals surface area contributed by atoms with Crippen molar-refractivity contribution in [3.05, 3.63) is 29.8 Å². The molecule has 0 spiro atoms. The SMILES string of the molecule is CCCCOC(=O)NC(CCCCN)C(=O)N1CCCC1C(=O)NC(C(N)=O)C(C)C.Cc1ccc(S(=O)(=O)O)cc1. The molecule has 3 atom stereocenters. The average Bonchev–Trinajstić information content (AvgIpc) is 3.41. The first-order chi connectivity index (χ1) is 19.7. The Kier molecular flexibility index (Phi) is 16.1. The van der Waals surface area contributed by atoms with Crippen LogP contribution in [0.25, 0.3) is 0 Å². The molecule has 1 aromatic rings. The number of amides is 4. The van der Waals surface area contributed by atoms with Gasteiger partial charge in [0.1, 0.15) is 18.1 Å². The quantitative estimate of drug-likeness (QED) is 0.153. The number of likely N-dealkylation sites (tertiary alicyclic amines) is 1. The van der Waals surface area contributed by atoms with Crippen LogP contribution in [-0.4, -0.2) is 79.5 Å². The van der Waals surface area contributed by atoms with Crippen LogP contribution in [0.3, 0.4) is 0 Å². The Morgan fingerprint density at radius 3 is 2.26 bits per heavy atom. The Balaban J connectivity index is 0.000000666. The molecule has 4 amide bonds. The summed E-state index contributed by atoms with van der Waals surface area (Å²) in [6.45, 7) is 8.57. The summed E-state index contributed by atoms with van der Waals surface area (Å²) in [6, 6.07) is 3.67. The lowest BCUT2D eigenvalue weighted by Gasteiger charge is -2.30. The summed E-state index contributed by atoms with van der Waals surface area (Å²) < 4.78 is 34.7. The fraction of sp³-hybridized carbons (Fsp3) is 0.643. The van der Waals surface area contributed by atoms with Crippen molar-refractivity contribution in [3.8, 4) is 0 Å². The highest BCUT2D eigenvalue weighted by Crippen LogP contribution is 2.20. The third-order valence-electron chi connectivity index (χ3n) is 6.70. The molecule has 1 aliphatic heterocycles. The highest BCUT2D eigenvalue weighted by Gasteiger charge is 2.39. The maximum absolute atomic E-state index is 13.2. The molecule has 1 fully saturated rings. The van der Waals surface area contributed by atoms with Gasteiger partial charge in [-0.2, -0.15) is 8.42 Å². The number of aryl methyl sites for hydroxylation is 1. The summed E-state index contributed by atoms with van der Waals surface area (Å²) in [7, 11) is -4.02. The fourth-order valence-electron chi connectivity index (χ4n) is 4.27. The number of rotatable bonds is 14. The predicted octanol–water partition coefficient (Wildman–Crippen LogP) is 1.87. The molecule has 3 unspecified atom stereocenters. The van der Waals surface area contributed by atoms with E-state index in [2.05, 4.69) is 10.6 Å². The molecule has 2 rings (SSSR count). The van der Waals surface area contributed by atoms with Crippen LogP contribution in [0.5, 0.6) is 0 Å². The van der Waals surface area contributed by atoms with E-state index < -0.39 is 46.2 Å². The molecule has 0 radical (unpaired) electrons. The Bertz CT molecular complexity index is 1130. The monoisotopic (exact) mass is 613 g/mol. The summed E-state index contributed by atoms with van der Waals surface area (Å²) in [4.78, 5) is 51.2. The van der Waals surface area contributed by atoms with Crippen molar-refractivity contribution in [1.82, 2.24) is 15.5 Å². The molecule has 13 nitrogen and oxygen atoms in total. The highest BCUT2D eigenvalue weighted by molar-refractivity contribution is 7.85. The van der Waals surface area contributed by atoms with Gasteiger partial charge in [0.05, 0.1) is 11.5 Å².